The second-order valence-electron chi connectivity index (χ2n) is 9.43. The molecule has 2 atom stereocenters. The number of fused-ring (bicyclic) bond motifs is 1. The highest BCUT2D eigenvalue weighted by molar-refractivity contribution is 7.88. The lowest BCUT2D eigenvalue weighted by Gasteiger charge is -2.41. The normalized spacial score (nSPS) is 19.2. The van der Waals surface area contributed by atoms with E-state index in [-0.39, 0.29) is 36.4 Å². The average Bonchev–Trinajstić information content (AvgIpc) is 3.59. The minimum atomic E-state index is -3.23. The maximum Gasteiger partial charge on any atom is 0.414 e. The number of sulfonamides is 1. The van der Waals surface area contributed by atoms with Gasteiger partial charge in [0.25, 0.3) is 0 Å². The maximum atomic E-state index is 13.0. The highest BCUT2D eigenvalue weighted by Crippen LogP contribution is 2.41. The molecule has 2 amide bonds. The van der Waals surface area contributed by atoms with Crippen molar-refractivity contribution in [1.29, 1.82) is 0 Å². The van der Waals surface area contributed by atoms with Crippen LogP contribution in [-0.2, 0) is 19.6 Å². The first-order valence-corrected chi connectivity index (χ1v) is 13.7. The van der Waals surface area contributed by atoms with Crippen LogP contribution in [-0.4, -0.2) is 71.5 Å². The fraction of sp³-hybridized carbons (Fsp3) is 0.652. The third-order valence-electron chi connectivity index (χ3n) is 5.97. The van der Waals surface area contributed by atoms with Gasteiger partial charge in [-0.3, -0.25) is 9.69 Å². The van der Waals surface area contributed by atoms with E-state index in [4.69, 9.17) is 10.5 Å². The molecule has 0 radical (unpaired) electrons. The van der Waals surface area contributed by atoms with Crippen molar-refractivity contribution >= 4 is 33.4 Å². The zero-order valence-electron chi connectivity index (χ0n) is 20.4. The number of hydrogen-bond donors (Lipinski definition) is 3. The molecule has 190 valence electrons. The fourth-order valence-corrected chi connectivity index (χ4v) is 4.61. The van der Waals surface area contributed by atoms with E-state index < -0.39 is 16.1 Å². The van der Waals surface area contributed by atoms with Crippen molar-refractivity contribution in [2.24, 2.45) is 11.7 Å². The van der Waals surface area contributed by atoms with Crippen molar-refractivity contribution in [3.63, 3.8) is 0 Å². The summed E-state index contributed by atoms with van der Waals surface area (Å²) in [4.78, 5) is 29.4. The Bertz CT molecular complexity index is 995. The SMILES string of the molecule is CC(C)OC(=O)N1C[C@H](C)N(C(=O)C2CC2)c2ccc(C(CN)CNCCNS(C)(=O)=O)cc21. The van der Waals surface area contributed by atoms with Crippen LogP contribution in [0.15, 0.2) is 18.2 Å². The molecule has 1 heterocycles. The van der Waals surface area contributed by atoms with Crippen LogP contribution < -0.4 is 25.6 Å². The Labute approximate surface area is 202 Å². The molecular formula is C23H37N5O5S. The monoisotopic (exact) mass is 495 g/mol. The van der Waals surface area contributed by atoms with Crippen LogP contribution in [0.4, 0.5) is 16.2 Å². The van der Waals surface area contributed by atoms with Gasteiger partial charge in [0.05, 0.1) is 29.8 Å². The van der Waals surface area contributed by atoms with E-state index in [0.29, 0.717) is 37.6 Å². The van der Waals surface area contributed by atoms with Gasteiger partial charge >= 0.3 is 6.09 Å². The van der Waals surface area contributed by atoms with Crippen LogP contribution in [0.1, 0.15) is 45.1 Å². The first-order valence-electron chi connectivity index (χ1n) is 11.8. The van der Waals surface area contributed by atoms with Gasteiger partial charge in [-0.1, -0.05) is 6.07 Å². The lowest BCUT2D eigenvalue weighted by Crippen LogP contribution is -2.52. The number of nitrogens with zero attached hydrogens (tertiary/aromatic N) is 2. The number of nitrogens with two attached hydrogens (primary N) is 1. The van der Waals surface area contributed by atoms with Crippen LogP contribution >= 0.6 is 0 Å². The summed E-state index contributed by atoms with van der Waals surface area (Å²) >= 11 is 0. The third kappa shape index (κ3) is 6.68. The second kappa shape index (κ2) is 11.0. The molecule has 1 saturated carbocycles. The van der Waals surface area contributed by atoms with E-state index >= 15 is 0 Å². The van der Waals surface area contributed by atoms with E-state index in [0.717, 1.165) is 24.7 Å². The van der Waals surface area contributed by atoms with Gasteiger partial charge in [0.1, 0.15) is 0 Å². The average molecular weight is 496 g/mol. The van der Waals surface area contributed by atoms with Crippen LogP contribution in [0.5, 0.6) is 0 Å². The van der Waals surface area contributed by atoms with Crippen molar-refractivity contribution in [2.75, 3.05) is 48.8 Å². The summed E-state index contributed by atoms with van der Waals surface area (Å²) in [6.45, 7) is 7.56. The third-order valence-corrected chi connectivity index (χ3v) is 6.70. The molecule has 11 heteroatoms. The van der Waals surface area contributed by atoms with E-state index in [1.165, 1.54) is 0 Å². The topological polar surface area (TPSA) is 134 Å². The Morgan fingerprint density at radius 3 is 2.50 bits per heavy atom. The molecule has 1 aliphatic carbocycles. The van der Waals surface area contributed by atoms with Gasteiger partial charge < -0.3 is 20.7 Å². The minimum absolute atomic E-state index is 0.0570. The lowest BCUT2D eigenvalue weighted by atomic mass is 9.96. The van der Waals surface area contributed by atoms with Gasteiger partial charge in [0.2, 0.25) is 15.9 Å². The molecule has 4 N–H and O–H groups in total. The molecule has 1 aromatic carbocycles. The van der Waals surface area contributed by atoms with Crippen molar-refractivity contribution in [1.82, 2.24) is 10.0 Å². The van der Waals surface area contributed by atoms with Crippen molar-refractivity contribution in [3.05, 3.63) is 23.8 Å². The molecule has 10 nitrogen and oxygen atoms in total. The molecule has 0 aromatic heterocycles. The standard InChI is InChI=1S/C23H37N5O5S/c1-15(2)33-23(30)27-14-16(3)28(22(29)17-5-6-17)20-8-7-18(11-21(20)27)19(12-24)13-25-9-10-26-34(4,31)32/h7-8,11,15-17,19,25-26H,5-6,9-10,12-14,24H2,1-4H3/t16-,19?/m0/s1. The molecule has 0 saturated heterocycles. The first kappa shape index (κ1) is 26.4. The first-order chi connectivity index (χ1) is 16.0. The zero-order chi connectivity index (χ0) is 25.0. The summed E-state index contributed by atoms with van der Waals surface area (Å²) in [7, 11) is -3.23. The number of rotatable bonds is 10. The van der Waals surface area contributed by atoms with Gasteiger partial charge in [-0.05, 0) is 51.3 Å². The van der Waals surface area contributed by atoms with Crippen molar-refractivity contribution < 1.29 is 22.7 Å². The van der Waals surface area contributed by atoms with E-state index in [2.05, 4.69) is 10.0 Å². The predicted molar refractivity (Wildman–Crippen MR) is 133 cm³/mol. The number of benzene rings is 1. The molecule has 34 heavy (non-hydrogen) atoms. The molecule has 1 unspecified atom stereocenters. The number of ether oxygens (including phenoxy) is 1. The van der Waals surface area contributed by atoms with Gasteiger partial charge in [-0.2, -0.15) is 0 Å². The number of amides is 2. The highest BCUT2D eigenvalue weighted by Gasteiger charge is 2.41. The van der Waals surface area contributed by atoms with Gasteiger partial charge in [0, 0.05) is 44.6 Å². The van der Waals surface area contributed by atoms with Crippen LogP contribution in [0.2, 0.25) is 0 Å². The van der Waals surface area contributed by atoms with Crippen molar-refractivity contribution in [2.45, 2.75) is 51.7 Å². The number of carbonyl (C=O) groups excluding carboxylic acids is 2. The number of nitrogens with one attached hydrogen (secondary N) is 2. The number of carbonyl (C=O) groups is 2. The Morgan fingerprint density at radius 1 is 1.21 bits per heavy atom. The molecule has 0 spiro atoms. The molecule has 0 bridgehead atoms. The smallest absolute Gasteiger partial charge is 0.414 e. The van der Waals surface area contributed by atoms with E-state index in [9.17, 15) is 18.0 Å². The molecule has 1 aromatic rings. The Hall–Kier alpha value is -2.21. The number of anilines is 2. The van der Waals surface area contributed by atoms with E-state index in [1.54, 1.807) is 18.7 Å². The predicted octanol–water partition coefficient (Wildman–Crippen LogP) is 1.36. The molecule has 2 aliphatic rings. The van der Waals surface area contributed by atoms with Crippen LogP contribution in [0.3, 0.4) is 0 Å². The van der Waals surface area contributed by atoms with Gasteiger partial charge in [0.15, 0.2) is 0 Å². The molecule has 1 aliphatic heterocycles. The van der Waals surface area contributed by atoms with E-state index in [1.807, 2.05) is 30.0 Å². The lowest BCUT2D eigenvalue weighted by molar-refractivity contribution is -0.120. The van der Waals surface area contributed by atoms with Crippen LogP contribution in [0.25, 0.3) is 0 Å². The summed E-state index contributed by atoms with van der Waals surface area (Å²) in [5, 5.41) is 3.23. The zero-order valence-corrected chi connectivity index (χ0v) is 21.2. The Morgan fingerprint density at radius 2 is 1.91 bits per heavy atom. The summed E-state index contributed by atoms with van der Waals surface area (Å²) in [5.74, 6) is 0.109. The number of hydrogen-bond acceptors (Lipinski definition) is 7. The minimum Gasteiger partial charge on any atom is -0.446 e. The quantitative estimate of drug-likeness (QED) is 0.417. The van der Waals surface area contributed by atoms with Gasteiger partial charge in [-0.25, -0.2) is 17.9 Å². The highest BCUT2D eigenvalue weighted by atomic mass is 32.2. The molecule has 3 rings (SSSR count). The second-order valence-corrected chi connectivity index (χ2v) is 11.3. The van der Waals surface area contributed by atoms with Crippen molar-refractivity contribution in [3.8, 4) is 0 Å². The molecule has 1 fully saturated rings. The summed E-state index contributed by atoms with van der Waals surface area (Å²) in [6.07, 6.45) is 2.24. The summed E-state index contributed by atoms with van der Waals surface area (Å²) in [5.41, 5.74) is 8.34. The van der Waals surface area contributed by atoms with Gasteiger partial charge in [-0.15, -0.1) is 0 Å². The summed E-state index contributed by atoms with van der Waals surface area (Å²) in [6, 6.07) is 5.60. The summed E-state index contributed by atoms with van der Waals surface area (Å²) < 4.78 is 30.3. The molecular weight excluding hydrogens is 458 g/mol. The Balaban J connectivity index is 1.83. The maximum absolute atomic E-state index is 13.0. The Kier molecular flexibility index (Phi) is 8.56. The largest absolute Gasteiger partial charge is 0.446 e. The van der Waals surface area contributed by atoms with Crippen LogP contribution in [0, 0.1) is 5.92 Å². The fourth-order valence-electron chi connectivity index (χ4n) is 4.14.